The molecule has 132 valence electrons. The van der Waals surface area contributed by atoms with Gasteiger partial charge in [0.15, 0.2) is 0 Å². The van der Waals surface area contributed by atoms with E-state index in [2.05, 4.69) is 16.0 Å². The van der Waals surface area contributed by atoms with Gasteiger partial charge in [0.25, 0.3) is 5.91 Å². The molecule has 0 aliphatic carbocycles. The van der Waals surface area contributed by atoms with Crippen molar-refractivity contribution in [3.63, 3.8) is 0 Å². The van der Waals surface area contributed by atoms with E-state index in [9.17, 15) is 14.4 Å². The summed E-state index contributed by atoms with van der Waals surface area (Å²) in [6.07, 6.45) is 3.78. The van der Waals surface area contributed by atoms with Gasteiger partial charge in [-0.15, -0.1) is 0 Å². The van der Waals surface area contributed by atoms with Gasteiger partial charge in [0.05, 0.1) is 6.54 Å². The van der Waals surface area contributed by atoms with Crippen LogP contribution in [0, 0.1) is 0 Å². The Morgan fingerprint density at radius 3 is 2.46 bits per heavy atom. The quantitative estimate of drug-likeness (QED) is 0.561. The first-order valence-electron chi connectivity index (χ1n) is 7.98. The summed E-state index contributed by atoms with van der Waals surface area (Å²) in [6, 6.07) is 13.1. The molecule has 0 aromatic heterocycles. The van der Waals surface area contributed by atoms with Crippen molar-refractivity contribution in [1.29, 1.82) is 0 Å². The zero-order valence-corrected chi connectivity index (χ0v) is 13.8. The second kappa shape index (κ2) is 7.52. The molecular weight excluding hydrogens is 334 g/mol. The Kier molecular flexibility index (Phi) is 4.98. The molecule has 1 aliphatic rings. The summed E-state index contributed by atoms with van der Waals surface area (Å²) in [6.45, 7) is -0.784. The van der Waals surface area contributed by atoms with E-state index in [1.807, 2.05) is 42.5 Å². The van der Waals surface area contributed by atoms with E-state index in [0.29, 0.717) is 11.1 Å². The summed E-state index contributed by atoms with van der Waals surface area (Å²) in [5, 5.41) is 16.5. The number of anilines is 2. The molecule has 0 spiro atoms. The third-order valence-electron chi connectivity index (χ3n) is 3.86. The summed E-state index contributed by atoms with van der Waals surface area (Å²) in [7, 11) is 0. The van der Waals surface area contributed by atoms with Gasteiger partial charge >= 0.3 is 5.97 Å². The van der Waals surface area contributed by atoms with Gasteiger partial charge in [-0.3, -0.25) is 14.4 Å². The number of aliphatic carboxylic acids is 1. The van der Waals surface area contributed by atoms with Gasteiger partial charge in [-0.25, -0.2) is 0 Å². The number of nitrogens with one attached hydrogen (secondary N) is 3. The standard InChI is InChI=1S/C19H17N3O4/c23-17(20-11-18(24)25)10-21-19(26)14-5-3-7-16-13(14)9-8-12-4-1-2-6-15(12)22-16/h1-9,22H,10-11H2,(H,20,23)(H,21,26)(H,24,25). The van der Waals surface area contributed by atoms with Crippen molar-refractivity contribution in [2.24, 2.45) is 0 Å². The molecule has 1 aliphatic heterocycles. The first kappa shape index (κ1) is 17.2. The van der Waals surface area contributed by atoms with Crippen LogP contribution in [0.5, 0.6) is 0 Å². The predicted molar refractivity (Wildman–Crippen MR) is 98.1 cm³/mol. The first-order chi connectivity index (χ1) is 12.5. The molecule has 4 N–H and O–H groups in total. The third kappa shape index (κ3) is 3.89. The van der Waals surface area contributed by atoms with Crippen LogP contribution in [-0.2, 0) is 9.59 Å². The number of carboxylic acid groups (broad SMARTS) is 1. The van der Waals surface area contributed by atoms with Crippen LogP contribution in [0.2, 0.25) is 0 Å². The number of fused-ring (bicyclic) bond motifs is 2. The van der Waals surface area contributed by atoms with Crippen molar-refractivity contribution in [2.75, 3.05) is 18.4 Å². The lowest BCUT2D eigenvalue weighted by Crippen LogP contribution is -2.39. The number of carbonyl (C=O) groups excluding carboxylic acids is 2. The fourth-order valence-corrected chi connectivity index (χ4v) is 2.62. The van der Waals surface area contributed by atoms with E-state index in [0.717, 1.165) is 16.9 Å². The summed E-state index contributed by atoms with van der Waals surface area (Å²) in [5.41, 5.74) is 3.86. The SMILES string of the molecule is O=C(O)CNC(=O)CNC(=O)c1cccc2c1C=Cc1ccccc1N2. The van der Waals surface area contributed by atoms with Crippen molar-refractivity contribution in [1.82, 2.24) is 10.6 Å². The van der Waals surface area contributed by atoms with E-state index in [-0.39, 0.29) is 6.54 Å². The molecule has 0 fully saturated rings. The highest BCUT2D eigenvalue weighted by molar-refractivity contribution is 6.03. The molecule has 26 heavy (non-hydrogen) atoms. The van der Waals surface area contributed by atoms with Gasteiger partial charge in [-0.1, -0.05) is 36.4 Å². The van der Waals surface area contributed by atoms with Crippen LogP contribution in [-0.4, -0.2) is 36.0 Å². The molecule has 0 radical (unpaired) electrons. The van der Waals surface area contributed by atoms with Gasteiger partial charge in [0.1, 0.15) is 6.54 Å². The van der Waals surface area contributed by atoms with Crippen LogP contribution in [0.3, 0.4) is 0 Å². The lowest BCUT2D eigenvalue weighted by molar-refractivity contribution is -0.137. The topological polar surface area (TPSA) is 108 Å². The zero-order valence-electron chi connectivity index (χ0n) is 13.8. The maximum Gasteiger partial charge on any atom is 0.322 e. The van der Waals surface area contributed by atoms with Crippen molar-refractivity contribution >= 4 is 41.3 Å². The maximum atomic E-state index is 12.5. The van der Waals surface area contributed by atoms with Gasteiger partial charge in [-0.2, -0.15) is 0 Å². The van der Waals surface area contributed by atoms with E-state index < -0.39 is 24.3 Å². The molecule has 0 saturated carbocycles. The third-order valence-corrected chi connectivity index (χ3v) is 3.86. The van der Waals surface area contributed by atoms with E-state index in [1.54, 1.807) is 12.1 Å². The maximum absolute atomic E-state index is 12.5. The van der Waals surface area contributed by atoms with Crippen molar-refractivity contribution < 1.29 is 19.5 Å². The highest BCUT2D eigenvalue weighted by atomic mass is 16.4. The van der Waals surface area contributed by atoms with Crippen LogP contribution in [0.15, 0.2) is 42.5 Å². The molecule has 2 amide bonds. The van der Waals surface area contributed by atoms with Gasteiger partial charge in [0, 0.05) is 22.5 Å². The Hall–Kier alpha value is -3.61. The highest BCUT2D eigenvalue weighted by Crippen LogP contribution is 2.31. The van der Waals surface area contributed by atoms with E-state index >= 15 is 0 Å². The molecule has 1 heterocycles. The minimum Gasteiger partial charge on any atom is -0.480 e. The minimum atomic E-state index is -1.14. The van der Waals surface area contributed by atoms with Crippen LogP contribution < -0.4 is 16.0 Å². The van der Waals surface area contributed by atoms with Gasteiger partial charge in [0.2, 0.25) is 5.91 Å². The largest absolute Gasteiger partial charge is 0.480 e. The zero-order chi connectivity index (χ0) is 18.5. The molecule has 2 aromatic carbocycles. The Labute approximate surface area is 149 Å². The van der Waals surface area contributed by atoms with E-state index in [4.69, 9.17) is 5.11 Å². The van der Waals surface area contributed by atoms with Crippen LogP contribution in [0.25, 0.3) is 12.2 Å². The van der Waals surface area contributed by atoms with Crippen molar-refractivity contribution in [3.8, 4) is 0 Å². The molecule has 0 saturated heterocycles. The Morgan fingerprint density at radius 2 is 1.65 bits per heavy atom. The molecule has 2 aromatic rings. The monoisotopic (exact) mass is 351 g/mol. The number of hydrogen-bond acceptors (Lipinski definition) is 4. The Morgan fingerprint density at radius 1 is 0.885 bits per heavy atom. The van der Waals surface area contributed by atoms with Crippen LogP contribution in [0.1, 0.15) is 21.5 Å². The number of carboxylic acids is 1. The first-order valence-corrected chi connectivity index (χ1v) is 7.98. The number of hydrogen-bond donors (Lipinski definition) is 4. The average Bonchev–Trinajstić information content (AvgIpc) is 2.83. The summed E-state index contributed by atoms with van der Waals surface area (Å²) < 4.78 is 0. The number of para-hydroxylation sites is 1. The Bertz CT molecular complexity index is 905. The van der Waals surface area contributed by atoms with Gasteiger partial charge in [-0.05, 0) is 23.8 Å². The number of rotatable bonds is 5. The normalized spacial score (nSPS) is 11.4. The number of benzene rings is 2. The lowest BCUT2D eigenvalue weighted by Gasteiger charge is -2.13. The molecule has 0 atom stereocenters. The predicted octanol–water partition coefficient (Wildman–Crippen LogP) is 1.84. The van der Waals surface area contributed by atoms with Crippen molar-refractivity contribution in [2.45, 2.75) is 0 Å². The van der Waals surface area contributed by atoms with E-state index in [1.165, 1.54) is 0 Å². The van der Waals surface area contributed by atoms with Gasteiger partial charge < -0.3 is 21.1 Å². The summed E-state index contributed by atoms with van der Waals surface area (Å²) in [4.78, 5) is 34.5. The lowest BCUT2D eigenvalue weighted by atomic mass is 10.0. The molecule has 7 heteroatoms. The molecule has 3 rings (SSSR count). The fourth-order valence-electron chi connectivity index (χ4n) is 2.62. The second-order valence-electron chi connectivity index (χ2n) is 5.67. The summed E-state index contributed by atoms with van der Waals surface area (Å²) >= 11 is 0. The minimum absolute atomic E-state index is 0.298. The number of carbonyl (C=O) groups is 3. The molecule has 0 unspecified atom stereocenters. The molecule has 7 nitrogen and oxygen atoms in total. The second-order valence-corrected chi connectivity index (χ2v) is 5.67. The fraction of sp³-hybridized carbons (Fsp3) is 0.105. The highest BCUT2D eigenvalue weighted by Gasteiger charge is 2.16. The summed E-state index contributed by atoms with van der Waals surface area (Å²) in [5.74, 6) is -2.12. The average molecular weight is 351 g/mol. The van der Waals surface area contributed by atoms with Crippen LogP contribution in [0.4, 0.5) is 11.4 Å². The Balaban J connectivity index is 1.76. The number of amides is 2. The van der Waals surface area contributed by atoms with Crippen molar-refractivity contribution in [3.05, 3.63) is 59.2 Å². The molecular formula is C19H17N3O4. The van der Waals surface area contributed by atoms with Crippen LogP contribution >= 0.6 is 0 Å². The smallest absolute Gasteiger partial charge is 0.322 e. The molecule has 0 bridgehead atoms.